The number of hydrogen-bond donors (Lipinski definition) is 0. The van der Waals surface area contributed by atoms with Crippen LogP contribution in [0.5, 0.6) is 0 Å². The second-order valence-electron chi connectivity index (χ2n) is 12.1. The highest BCUT2D eigenvalue weighted by atomic mass is 28.4. The molecule has 0 fully saturated rings. The van der Waals surface area contributed by atoms with E-state index in [4.69, 9.17) is 14.4 Å². The van der Waals surface area contributed by atoms with Crippen molar-refractivity contribution in [3.05, 3.63) is 133 Å². The molecule has 1 aliphatic carbocycles. The molecule has 4 aromatic carbocycles. The number of hydrogen-bond acceptors (Lipinski definition) is 3. The Morgan fingerprint density at radius 2 is 1.07 bits per heavy atom. The smallest absolute Gasteiger partial charge is 0.261 e. The predicted octanol–water partition coefficient (Wildman–Crippen LogP) is 7.49. The van der Waals surface area contributed by atoms with Gasteiger partial charge in [0, 0.05) is 17.7 Å². The van der Waals surface area contributed by atoms with E-state index >= 15 is 0 Å². The van der Waals surface area contributed by atoms with Crippen molar-refractivity contribution in [2.24, 2.45) is 5.92 Å². The highest BCUT2D eigenvalue weighted by Crippen LogP contribution is 2.38. The number of aromatic nitrogens is 2. The van der Waals surface area contributed by atoms with Crippen molar-refractivity contribution in [1.82, 2.24) is 9.97 Å². The normalized spacial score (nSPS) is 15.3. The van der Waals surface area contributed by atoms with Crippen LogP contribution < -0.4 is 10.4 Å². The molecule has 1 heterocycles. The van der Waals surface area contributed by atoms with Crippen LogP contribution in [0.25, 0.3) is 22.5 Å². The van der Waals surface area contributed by atoms with Crippen LogP contribution in [0.15, 0.2) is 121 Å². The molecular formula is C37H38N2OSi. The third-order valence-corrected chi connectivity index (χ3v) is 13.4. The predicted molar refractivity (Wildman–Crippen MR) is 172 cm³/mol. The maximum Gasteiger partial charge on any atom is 0.261 e. The minimum Gasteiger partial charge on any atom is -0.407 e. The Morgan fingerprint density at radius 3 is 1.54 bits per heavy atom. The highest BCUT2D eigenvalue weighted by Gasteiger charge is 2.50. The van der Waals surface area contributed by atoms with Crippen LogP contribution >= 0.6 is 0 Å². The van der Waals surface area contributed by atoms with E-state index in [9.17, 15) is 0 Å². The Hall–Kier alpha value is -3.86. The topological polar surface area (TPSA) is 35.0 Å². The first-order valence-electron chi connectivity index (χ1n) is 14.7. The van der Waals surface area contributed by atoms with Crippen molar-refractivity contribution >= 4 is 18.7 Å². The van der Waals surface area contributed by atoms with Gasteiger partial charge in [-0.3, -0.25) is 0 Å². The van der Waals surface area contributed by atoms with E-state index in [2.05, 4.69) is 136 Å². The lowest BCUT2D eigenvalue weighted by molar-refractivity contribution is 0.219. The first-order valence-corrected chi connectivity index (χ1v) is 16.6. The molecule has 1 aromatic heterocycles. The molecule has 0 amide bonds. The van der Waals surface area contributed by atoms with E-state index in [1.54, 1.807) is 0 Å². The van der Waals surface area contributed by atoms with Gasteiger partial charge in [-0.05, 0) is 40.6 Å². The van der Waals surface area contributed by atoms with Crippen molar-refractivity contribution in [3.63, 3.8) is 0 Å². The minimum atomic E-state index is -2.58. The summed E-state index contributed by atoms with van der Waals surface area (Å²) in [5, 5.41) is 2.62. The molecule has 6 rings (SSSR count). The monoisotopic (exact) mass is 554 g/mol. The fourth-order valence-electron chi connectivity index (χ4n) is 6.33. The number of nitrogens with zero attached hydrogens (tertiary/aromatic N) is 2. The van der Waals surface area contributed by atoms with Gasteiger partial charge in [-0.1, -0.05) is 142 Å². The van der Waals surface area contributed by atoms with E-state index in [0.29, 0.717) is 5.92 Å². The molecule has 1 aliphatic rings. The van der Waals surface area contributed by atoms with E-state index in [0.717, 1.165) is 59.8 Å². The maximum absolute atomic E-state index is 7.32. The summed E-state index contributed by atoms with van der Waals surface area (Å²) in [5.41, 5.74) is 6.39. The van der Waals surface area contributed by atoms with Crippen LogP contribution in [-0.2, 0) is 17.3 Å². The molecule has 5 aromatic rings. The largest absolute Gasteiger partial charge is 0.407 e. The van der Waals surface area contributed by atoms with Crippen molar-refractivity contribution in [2.75, 3.05) is 6.61 Å². The van der Waals surface area contributed by atoms with Gasteiger partial charge >= 0.3 is 0 Å². The third kappa shape index (κ3) is 5.42. The molecular weight excluding hydrogens is 517 g/mol. The summed E-state index contributed by atoms with van der Waals surface area (Å²) in [6.07, 6.45) is 2.86. The van der Waals surface area contributed by atoms with Gasteiger partial charge in [0.25, 0.3) is 8.32 Å². The Labute approximate surface area is 245 Å². The van der Waals surface area contributed by atoms with Crippen LogP contribution in [0.4, 0.5) is 0 Å². The lowest BCUT2D eigenvalue weighted by Crippen LogP contribution is -2.67. The quantitative estimate of drug-likeness (QED) is 0.196. The maximum atomic E-state index is 7.32. The minimum absolute atomic E-state index is 0.0346. The van der Waals surface area contributed by atoms with Gasteiger partial charge in [-0.2, -0.15) is 0 Å². The van der Waals surface area contributed by atoms with Crippen molar-refractivity contribution in [2.45, 2.75) is 45.1 Å². The van der Waals surface area contributed by atoms with Gasteiger partial charge in [0.1, 0.15) is 0 Å². The summed E-state index contributed by atoms with van der Waals surface area (Å²) in [6, 6.07) is 42.8. The van der Waals surface area contributed by atoms with Gasteiger partial charge in [0.2, 0.25) is 0 Å². The second kappa shape index (κ2) is 11.6. The number of aryl methyl sites for hydroxylation is 1. The lowest BCUT2D eigenvalue weighted by Gasteiger charge is -2.44. The van der Waals surface area contributed by atoms with Crippen molar-refractivity contribution in [3.8, 4) is 22.5 Å². The van der Waals surface area contributed by atoms with Crippen LogP contribution in [0.1, 0.15) is 38.6 Å². The molecule has 3 nitrogen and oxygen atoms in total. The second-order valence-corrected chi connectivity index (χ2v) is 16.4. The van der Waals surface area contributed by atoms with Gasteiger partial charge < -0.3 is 4.43 Å². The molecule has 0 bridgehead atoms. The molecule has 206 valence electrons. The van der Waals surface area contributed by atoms with Gasteiger partial charge in [0.15, 0.2) is 0 Å². The molecule has 0 radical (unpaired) electrons. The first-order chi connectivity index (χ1) is 20.0. The van der Waals surface area contributed by atoms with Gasteiger partial charge in [-0.25, -0.2) is 9.97 Å². The fraction of sp³-hybridized carbons (Fsp3) is 0.243. The average molecular weight is 555 g/mol. The summed E-state index contributed by atoms with van der Waals surface area (Å²) in [6.45, 7) is 7.75. The molecule has 1 atom stereocenters. The summed E-state index contributed by atoms with van der Waals surface area (Å²) in [7, 11) is -2.58. The number of benzene rings is 4. The van der Waals surface area contributed by atoms with Crippen LogP contribution in [0.3, 0.4) is 0 Å². The highest BCUT2D eigenvalue weighted by molar-refractivity contribution is 6.99. The standard InChI is InChI=1S/C37H38N2OSi/c1-37(2,3)41(31-20-12-6-13-21-31,32-22-14-7-15-23-32)40-27-28-24-25-33-34(26-28)39-36(30-18-10-5-11-19-30)35(38-33)29-16-8-4-9-17-29/h4-23,28H,24-27H2,1-3H3. The number of rotatable bonds is 7. The molecule has 4 heteroatoms. The van der Waals surface area contributed by atoms with Gasteiger partial charge in [0.05, 0.1) is 22.8 Å². The molecule has 41 heavy (non-hydrogen) atoms. The molecule has 0 spiro atoms. The fourth-order valence-corrected chi connectivity index (χ4v) is 11.0. The summed E-state index contributed by atoms with van der Waals surface area (Å²) in [5.74, 6) is 0.393. The van der Waals surface area contributed by atoms with E-state index in [1.807, 2.05) is 6.07 Å². The van der Waals surface area contributed by atoms with Crippen LogP contribution in [0.2, 0.25) is 5.04 Å². The molecule has 0 saturated carbocycles. The van der Waals surface area contributed by atoms with E-state index in [-0.39, 0.29) is 5.04 Å². The Balaban J connectivity index is 1.34. The van der Waals surface area contributed by atoms with Crippen LogP contribution in [-0.4, -0.2) is 24.9 Å². The summed E-state index contributed by atoms with van der Waals surface area (Å²) < 4.78 is 7.32. The zero-order valence-electron chi connectivity index (χ0n) is 24.3. The average Bonchev–Trinajstić information content (AvgIpc) is 3.02. The molecule has 0 N–H and O–H groups in total. The zero-order valence-corrected chi connectivity index (χ0v) is 25.3. The van der Waals surface area contributed by atoms with E-state index in [1.165, 1.54) is 10.4 Å². The SMILES string of the molecule is CC(C)(C)[Si](OCC1CCc2nc(-c3ccccc3)c(-c3ccccc3)nc2C1)(c1ccccc1)c1ccccc1. The van der Waals surface area contributed by atoms with Crippen LogP contribution in [0, 0.1) is 5.92 Å². The number of fused-ring (bicyclic) bond motifs is 1. The molecule has 0 saturated heterocycles. The van der Waals surface area contributed by atoms with Gasteiger partial charge in [-0.15, -0.1) is 0 Å². The summed E-state index contributed by atoms with van der Waals surface area (Å²) >= 11 is 0. The summed E-state index contributed by atoms with van der Waals surface area (Å²) in [4.78, 5) is 10.6. The molecule has 0 aliphatic heterocycles. The Kier molecular flexibility index (Phi) is 7.70. The molecule has 1 unspecified atom stereocenters. The Morgan fingerprint density at radius 1 is 0.634 bits per heavy atom. The third-order valence-electron chi connectivity index (χ3n) is 8.37. The van der Waals surface area contributed by atoms with Crippen molar-refractivity contribution in [1.29, 1.82) is 0 Å². The Bertz CT molecular complexity index is 1540. The van der Waals surface area contributed by atoms with Crippen molar-refractivity contribution < 1.29 is 4.43 Å². The lowest BCUT2D eigenvalue weighted by atomic mass is 9.89. The van der Waals surface area contributed by atoms with E-state index < -0.39 is 8.32 Å². The zero-order chi connectivity index (χ0) is 28.3. The first kappa shape index (κ1) is 27.3.